The SMILES string of the molecule is Cc1c(C(F)(F)F)c(C(N)=O)c(-c2ccccc2-c2ccccc2)n1C. The molecular formula is C20H17F3N2O. The van der Waals surface area contributed by atoms with Gasteiger partial charge in [0.1, 0.15) is 0 Å². The van der Waals surface area contributed by atoms with E-state index < -0.39 is 23.2 Å². The third kappa shape index (κ3) is 2.87. The lowest BCUT2D eigenvalue weighted by molar-refractivity contribution is -0.138. The van der Waals surface area contributed by atoms with Crippen LogP contribution in [-0.2, 0) is 13.2 Å². The number of carbonyl (C=O) groups excluding carboxylic acids is 1. The van der Waals surface area contributed by atoms with Crippen LogP contribution in [0.15, 0.2) is 54.6 Å². The molecule has 0 aliphatic rings. The van der Waals surface area contributed by atoms with Gasteiger partial charge in [-0.2, -0.15) is 13.2 Å². The smallest absolute Gasteiger partial charge is 0.366 e. The Kier molecular flexibility index (Phi) is 4.36. The van der Waals surface area contributed by atoms with E-state index in [1.807, 2.05) is 36.4 Å². The van der Waals surface area contributed by atoms with Crippen LogP contribution in [0.4, 0.5) is 13.2 Å². The third-order valence-corrected chi connectivity index (χ3v) is 4.48. The quantitative estimate of drug-likeness (QED) is 0.719. The van der Waals surface area contributed by atoms with E-state index in [0.717, 1.165) is 11.1 Å². The molecule has 1 amide bonds. The monoisotopic (exact) mass is 358 g/mol. The molecule has 6 heteroatoms. The van der Waals surface area contributed by atoms with Gasteiger partial charge < -0.3 is 10.3 Å². The lowest BCUT2D eigenvalue weighted by Gasteiger charge is -2.13. The molecule has 1 aromatic heterocycles. The van der Waals surface area contributed by atoms with Gasteiger partial charge >= 0.3 is 6.18 Å². The summed E-state index contributed by atoms with van der Waals surface area (Å²) >= 11 is 0. The number of hydrogen-bond donors (Lipinski definition) is 1. The average molecular weight is 358 g/mol. The molecule has 3 rings (SSSR count). The Hall–Kier alpha value is -3.02. The van der Waals surface area contributed by atoms with Crippen molar-refractivity contribution in [1.82, 2.24) is 4.57 Å². The molecule has 3 aromatic rings. The lowest BCUT2D eigenvalue weighted by atomic mass is 9.94. The van der Waals surface area contributed by atoms with Gasteiger partial charge in [-0.25, -0.2) is 0 Å². The van der Waals surface area contributed by atoms with E-state index >= 15 is 0 Å². The molecule has 0 unspecified atom stereocenters. The van der Waals surface area contributed by atoms with Crippen LogP contribution >= 0.6 is 0 Å². The van der Waals surface area contributed by atoms with Crippen molar-refractivity contribution in [3.05, 3.63) is 71.4 Å². The first-order chi connectivity index (χ1) is 12.2. The number of nitrogens with zero attached hydrogens (tertiary/aromatic N) is 1. The molecule has 0 fully saturated rings. The van der Waals surface area contributed by atoms with Crippen LogP contribution in [-0.4, -0.2) is 10.5 Å². The minimum atomic E-state index is -4.67. The van der Waals surface area contributed by atoms with Crippen molar-refractivity contribution in [3.8, 4) is 22.4 Å². The minimum Gasteiger partial charge on any atom is -0.366 e. The normalized spacial score (nSPS) is 11.6. The fourth-order valence-electron chi connectivity index (χ4n) is 3.26. The van der Waals surface area contributed by atoms with Crippen LogP contribution in [0, 0.1) is 6.92 Å². The second kappa shape index (κ2) is 6.37. The number of halogens is 3. The minimum absolute atomic E-state index is 0.0517. The molecule has 0 saturated carbocycles. The molecule has 0 aliphatic heterocycles. The van der Waals surface area contributed by atoms with Gasteiger partial charge in [-0.3, -0.25) is 4.79 Å². The number of hydrogen-bond acceptors (Lipinski definition) is 1. The van der Waals surface area contributed by atoms with Crippen LogP contribution < -0.4 is 5.73 Å². The Balaban J connectivity index is 2.39. The maximum Gasteiger partial charge on any atom is 0.418 e. The lowest BCUT2D eigenvalue weighted by Crippen LogP contribution is -2.18. The Morgan fingerprint density at radius 3 is 2.04 bits per heavy atom. The fraction of sp³-hybridized carbons (Fsp3) is 0.150. The summed E-state index contributed by atoms with van der Waals surface area (Å²) in [7, 11) is 1.51. The van der Waals surface area contributed by atoms with Crippen molar-refractivity contribution in [1.29, 1.82) is 0 Å². The van der Waals surface area contributed by atoms with Crippen molar-refractivity contribution in [2.45, 2.75) is 13.1 Å². The van der Waals surface area contributed by atoms with Crippen LogP contribution in [0.5, 0.6) is 0 Å². The number of carbonyl (C=O) groups is 1. The second-order valence-electron chi connectivity index (χ2n) is 6.02. The Morgan fingerprint density at radius 2 is 1.50 bits per heavy atom. The molecule has 0 saturated heterocycles. The van der Waals surface area contributed by atoms with E-state index in [9.17, 15) is 18.0 Å². The number of amides is 1. The van der Waals surface area contributed by atoms with Crippen LogP contribution in [0.3, 0.4) is 0 Å². The van der Waals surface area contributed by atoms with Crippen LogP contribution in [0.1, 0.15) is 21.6 Å². The van der Waals surface area contributed by atoms with Crippen molar-refractivity contribution in [3.63, 3.8) is 0 Å². The van der Waals surface area contributed by atoms with Gasteiger partial charge in [0.25, 0.3) is 5.91 Å². The van der Waals surface area contributed by atoms with E-state index in [1.54, 1.807) is 18.2 Å². The van der Waals surface area contributed by atoms with Crippen molar-refractivity contribution >= 4 is 5.91 Å². The van der Waals surface area contributed by atoms with E-state index in [1.165, 1.54) is 18.5 Å². The molecule has 134 valence electrons. The van der Waals surface area contributed by atoms with Gasteiger partial charge in [-0.1, -0.05) is 54.6 Å². The maximum absolute atomic E-state index is 13.6. The fourth-order valence-corrected chi connectivity index (χ4v) is 3.26. The predicted molar refractivity (Wildman–Crippen MR) is 94.5 cm³/mol. The van der Waals surface area contributed by atoms with Gasteiger partial charge in [0, 0.05) is 18.3 Å². The maximum atomic E-state index is 13.6. The molecule has 2 aromatic carbocycles. The van der Waals surface area contributed by atoms with Gasteiger partial charge in [-0.05, 0) is 18.1 Å². The highest BCUT2D eigenvalue weighted by Crippen LogP contribution is 2.42. The van der Waals surface area contributed by atoms with Gasteiger partial charge in [0.05, 0.1) is 16.8 Å². The van der Waals surface area contributed by atoms with Gasteiger partial charge in [0.2, 0.25) is 0 Å². The molecule has 0 spiro atoms. The molecule has 1 heterocycles. The van der Waals surface area contributed by atoms with Crippen molar-refractivity contribution in [2.75, 3.05) is 0 Å². The second-order valence-corrected chi connectivity index (χ2v) is 6.02. The Morgan fingerprint density at radius 1 is 0.962 bits per heavy atom. The highest BCUT2D eigenvalue weighted by atomic mass is 19.4. The number of rotatable bonds is 3. The third-order valence-electron chi connectivity index (χ3n) is 4.48. The van der Waals surface area contributed by atoms with E-state index in [-0.39, 0.29) is 11.4 Å². The number of aromatic nitrogens is 1. The first kappa shape index (κ1) is 17.8. The summed E-state index contributed by atoms with van der Waals surface area (Å²) < 4.78 is 42.1. The van der Waals surface area contributed by atoms with Crippen LogP contribution in [0.25, 0.3) is 22.4 Å². The number of alkyl halides is 3. The van der Waals surface area contributed by atoms with Crippen LogP contribution in [0.2, 0.25) is 0 Å². The summed E-state index contributed by atoms with van der Waals surface area (Å²) in [5.74, 6) is -1.10. The Labute approximate surface area is 148 Å². The zero-order valence-electron chi connectivity index (χ0n) is 14.3. The largest absolute Gasteiger partial charge is 0.418 e. The molecule has 2 N–H and O–H groups in total. The van der Waals surface area contributed by atoms with Gasteiger partial charge in [0.15, 0.2) is 0 Å². The summed E-state index contributed by atoms with van der Waals surface area (Å²) in [6.45, 7) is 1.34. The summed E-state index contributed by atoms with van der Waals surface area (Å²) in [4.78, 5) is 12.0. The first-order valence-electron chi connectivity index (χ1n) is 7.94. The highest BCUT2D eigenvalue weighted by Gasteiger charge is 2.41. The van der Waals surface area contributed by atoms with E-state index in [4.69, 9.17) is 5.73 Å². The number of nitrogens with two attached hydrogens (primary N) is 1. The Bertz CT molecular complexity index is 973. The average Bonchev–Trinajstić information content (AvgIpc) is 2.87. The molecular weight excluding hydrogens is 341 g/mol. The first-order valence-corrected chi connectivity index (χ1v) is 7.94. The van der Waals surface area contributed by atoms with Crippen molar-refractivity contribution in [2.24, 2.45) is 12.8 Å². The van der Waals surface area contributed by atoms with Gasteiger partial charge in [-0.15, -0.1) is 0 Å². The molecule has 0 aliphatic carbocycles. The van der Waals surface area contributed by atoms with E-state index in [2.05, 4.69) is 0 Å². The zero-order chi connectivity index (χ0) is 19.1. The summed E-state index contributed by atoms with van der Waals surface area (Å²) in [6.07, 6.45) is -4.67. The van der Waals surface area contributed by atoms with E-state index in [0.29, 0.717) is 5.56 Å². The predicted octanol–water partition coefficient (Wildman–Crippen LogP) is 4.79. The summed E-state index contributed by atoms with van der Waals surface area (Å²) in [5.41, 5.74) is 6.09. The molecule has 3 nitrogen and oxygen atoms in total. The standard InChI is InChI=1S/C20H17F3N2O/c1-12-17(20(21,22)23)16(19(24)26)18(25(12)2)15-11-7-6-10-14(15)13-8-4-3-5-9-13/h3-11H,1-2H3,(H2,24,26). The number of benzene rings is 2. The molecule has 0 atom stereocenters. The molecule has 0 bridgehead atoms. The molecule has 0 radical (unpaired) electrons. The summed E-state index contributed by atoms with van der Waals surface area (Å²) in [6, 6.07) is 16.3. The van der Waals surface area contributed by atoms with Crippen molar-refractivity contribution < 1.29 is 18.0 Å². The molecule has 26 heavy (non-hydrogen) atoms. The number of primary amides is 1. The zero-order valence-corrected chi connectivity index (χ0v) is 14.3. The topological polar surface area (TPSA) is 48.0 Å². The summed E-state index contributed by atoms with van der Waals surface area (Å²) in [5, 5.41) is 0. The highest BCUT2D eigenvalue weighted by molar-refractivity contribution is 6.03.